The maximum atomic E-state index is 10.9. The zero-order valence-corrected chi connectivity index (χ0v) is 11.5. The fraction of sp³-hybridized carbons (Fsp3) is 0.500. The molecule has 0 saturated carbocycles. The van der Waals surface area contributed by atoms with Crippen molar-refractivity contribution < 1.29 is 22.8 Å². The third kappa shape index (κ3) is 4.17. The molecule has 0 aromatic carbocycles. The van der Waals surface area contributed by atoms with Crippen LogP contribution in [0.25, 0.3) is 0 Å². The van der Waals surface area contributed by atoms with Crippen molar-refractivity contribution in [3.63, 3.8) is 0 Å². The van der Waals surface area contributed by atoms with E-state index in [1.54, 1.807) is 0 Å². The minimum atomic E-state index is -3.64. The van der Waals surface area contributed by atoms with Gasteiger partial charge in [0.25, 0.3) is 0 Å². The Balaban J connectivity index is 3.02. The number of rotatable bonds is 7. The van der Waals surface area contributed by atoms with E-state index in [1.165, 1.54) is 14.2 Å². The van der Waals surface area contributed by atoms with Gasteiger partial charge in [-0.1, -0.05) is 0 Å². The highest BCUT2D eigenvalue weighted by atomic mass is 32.2. The van der Waals surface area contributed by atoms with Crippen LogP contribution in [0.2, 0.25) is 0 Å². The topological polar surface area (TPSA) is 160 Å². The number of nitrogens with zero attached hydrogens (tertiary/aromatic N) is 3. The SMILES string of the molecule is COc1nc(NCCS(N)(=O)=O)nc(OC)c1[N+](=O)[O-]. The third-order valence-electron chi connectivity index (χ3n) is 2.06. The maximum absolute atomic E-state index is 10.9. The van der Waals surface area contributed by atoms with Crippen LogP contribution < -0.4 is 19.9 Å². The smallest absolute Gasteiger partial charge is 0.392 e. The molecule has 1 rings (SSSR count). The third-order valence-corrected chi connectivity index (χ3v) is 2.83. The lowest BCUT2D eigenvalue weighted by molar-refractivity contribution is -0.387. The number of aromatic nitrogens is 2. The summed E-state index contributed by atoms with van der Waals surface area (Å²) in [7, 11) is -1.24. The molecule has 0 atom stereocenters. The Morgan fingerprint density at radius 1 is 1.30 bits per heavy atom. The summed E-state index contributed by atoms with van der Waals surface area (Å²) in [4.78, 5) is 17.6. The number of sulfonamides is 1. The van der Waals surface area contributed by atoms with Crippen LogP contribution in [0.5, 0.6) is 11.8 Å². The standard InChI is InChI=1S/C8H13N5O6S/c1-18-6-5(13(14)15)7(19-2)12-8(11-6)10-3-4-20(9,16)17/h3-4H2,1-2H3,(H2,9,16,17)(H,10,11,12). The summed E-state index contributed by atoms with van der Waals surface area (Å²) < 4.78 is 31.1. The zero-order chi connectivity index (χ0) is 15.3. The second kappa shape index (κ2) is 6.29. The minimum absolute atomic E-state index is 0.0665. The summed E-state index contributed by atoms with van der Waals surface area (Å²) in [6.45, 7) is -0.0665. The molecule has 3 N–H and O–H groups in total. The molecule has 0 radical (unpaired) electrons. The van der Waals surface area contributed by atoms with Crippen molar-refractivity contribution in [2.75, 3.05) is 31.8 Å². The summed E-state index contributed by atoms with van der Waals surface area (Å²) in [6, 6.07) is 0. The molecular weight excluding hydrogens is 294 g/mol. The van der Waals surface area contributed by atoms with Gasteiger partial charge in [-0.25, -0.2) is 13.6 Å². The first-order valence-electron chi connectivity index (χ1n) is 5.17. The Hall–Kier alpha value is -2.21. The van der Waals surface area contributed by atoms with Gasteiger partial charge in [0, 0.05) is 6.54 Å². The number of hydrogen-bond acceptors (Lipinski definition) is 9. The minimum Gasteiger partial charge on any atom is -0.476 e. The fourth-order valence-electron chi connectivity index (χ4n) is 1.24. The molecule has 20 heavy (non-hydrogen) atoms. The average molecular weight is 307 g/mol. The number of nitro groups is 1. The van der Waals surface area contributed by atoms with Crippen molar-refractivity contribution in [1.29, 1.82) is 0 Å². The molecule has 0 fully saturated rings. The normalized spacial score (nSPS) is 10.9. The van der Waals surface area contributed by atoms with Gasteiger partial charge >= 0.3 is 17.4 Å². The summed E-state index contributed by atoms with van der Waals surface area (Å²) >= 11 is 0. The molecule has 0 amide bonds. The van der Waals surface area contributed by atoms with E-state index in [2.05, 4.69) is 15.3 Å². The Morgan fingerprint density at radius 2 is 1.80 bits per heavy atom. The molecule has 0 saturated heterocycles. The van der Waals surface area contributed by atoms with E-state index in [0.29, 0.717) is 0 Å². The van der Waals surface area contributed by atoms with Crippen LogP contribution in [0, 0.1) is 10.1 Å². The van der Waals surface area contributed by atoms with Gasteiger partial charge in [-0.3, -0.25) is 10.1 Å². The highest BCUT2D eigenvalue weighted by Crippen LogP contribution is 2.34. The number of ether oxygens (including phenoxy) is 2. The van der Waals surface area contributed by atoms with E-state index >= 15 is 0 Å². The maximum Gasteiger partial charge on any atom is 0.392 e. The largest absolute Gasteiger partial charge is 0.476 e. The van der Waals surface area contributed by atoms with Gasteiger partial charge in [0.05, 0.1) is 24.9 Å². The molecule has 11 nitrogen and oxygen atoms in total. The van der Waals surface area contributed by atoms with Gasteiger partial charge in [-0.15, -0.1) is 0 Å². The molecule has 12 heteroatoms. The van der Waals surface area contributed by atoms with Gasteiger partial charge in [0.15, 0.2) is 0 Å². The van der Waals surface area contributed by atoms with Crippen molar-refractivity contribution in [3.05, 3.63) is 10.1 Å². The Labute approximate surface area is 114 Å². The number of primary sulfonamides is 1. The highest BCUT2D eigenvalue weighted by Gasteiger charge is 2.26. The van der Waals surface area contributed by atoms with Crippen molar-refractivity contribution in [2.24, 2.45) is 5.14 Å². The van der Waals surface area contributed by atoms with Gasteiger partial charge in [0.2, 0.25) is 16.0 Å². The Kier molecular flexibility index (Phi) is 4.99. The first-order valence-corrected chi connectivity index (χ1v) is 6.88. The highest BCUT2D eigenvalue weighted by molar-refractivity contribution is 7.89. The molecule has 1 heterocycles. The Morgan fingerprint density at radius 3 is 2.15 bits per heavy atom. The second-order valence-corrected chi connectivity index (χ2v) is 5.20. The zero-order valence-electron chi connectivity index (χ0n) is 10.7. The van der Waals surface area contributed by atoms with Crippen LogP contribution in [-0.2, 0) is 10.0 Å². The van der Waals surface area contributed by atoms with Crippen LogP contribution >= 0.6 is 0 Å². The Bertz CT molecular complexity index is 578. The lowest BCUT2D eigenvalue weighted by atomic mass is 10.5. The average Bonchev–Trinajstić information content (AvgIpc) is 2.35. The van der Waals surface area contributed by atoms with Crippen LogP contribution in [0.1, 0.15) is 0 Å². The lowest BCUT2D eigenvalue weighted by Gasteiger charge is -2.08. The van der Waals surface area contributed by atoms with Gasteiger partial charge in [0.1, 0.15) is 0 Å². The van der Waals surface area contributed by atoms with E-state index in [-0.39, 0.29) is 30.0 Å². The molecule has 0 spiro atoms. The summed E-state index contributed by atoms with van der Waals surface area (Å²) in [5.41, 5.74) is -0.521. The summed E-state index contributed by atoms with van der Waals surface area (Å²) in [6.07, 6.45) is 0. The van der Waals surface area contributed by atoms with Crippen LogP contribution in [0.4, 0.5) is 11.6 Å². The second-order valence-electron chi connectivity index (χ2n) is 3.47. The predicted molar refractivity (Wildman–Crippen MR) is 68.3 cm³/mol. The number of methoxy groups -OCH3 is 2. The van der Waals surface area contributed by atoms with Crippen molar-refractivity contribution in [1.82, 2.24) is 9.97 Å². The van der Waals surface area contributed by atoms with E-state index in [9.17, 15) is 18.5 Å². The van der Waals surface area contributed by atoms with E-state index in [0.717, 1.165) is 0 Å². The monoisotopic (exact) mass is 307 g/mol. The van der Waals surface area contributed by atoms with E-state index < -0.39 is 20.6 Å². The number of hydrogen-bond donors (Lipinski definition) is 2. The van der Waals surface area contributed by atoms with Crippen molar-refractivity contribution in [3.8, 4) is 11.8 Å². The summed E-state index contributed by atoms with van der Waals surface area (Å²) in [5, 5.41) is 18.2. The first kappa shape index (κ1) is 15.8. The molecule has 0 aliphatic rings. The van der Waals surface area contributed by atoms with Gasteiger partial charge < -0.3 is 14.8 Å². The van der Waals surface area contributed by atoms with Crippen molar-refractivity contribution >= 4 is 21.7 Å². The van der Waals surface area contributed by atoms with E-state index in [4.69, 9.17) is 14.6 Å². The molecule has 1 aromatic rings. The number of nitrogens with two attached hydrogens (primary N) is 1. The fourth-order valence-corrected chi connectivity index (χ4v) is 1.63. The molecule has 0 bridgehead atoms. The van der Waals surface area contributed by atoms with Gasteiger partial charge in [-0.05, 0) is 0 Å². The number of anilines is 1. The van der Waals surface area contributed by atoms with Crippen LogP contribution in [-0.4, -0.2) is 49.8 Å². The first-order chi connectivity index (χ1) is 9.28. The summed E-state index contributed by atoms with van der Waals surface area (Å²) in [5.74, 6) is -1.04. The predicted octanol–water partition coefficient (Wildman–Crippen LogP) is -0.898. The molecule has 0 unspecified atom stereocenters. The molecular formula is C8H13N5O6S. The van der Waals surface area contributed by atoms with Gasteiger partial charge in [-0.2, -0.15) is 9.97 Å². The molecule has 0 aliphatic carbocycles. The van der Waals surface area contributed by atoms with Crippen LogP contribution in [0.15, 0.2) is 0 Å². The van der Waals surface area contributed by atoms with E-state index in [1.807, 2.05) is 0 Å². The molecule has 1 aromatic heterocycles. The molecule has 0 aliphatic heterocycles. The lowest BCUT2D eigenvalue weighted by Crippen LogP contribution is -2.23. The quantitative estimate of drug-likeness (QED) is 0.480. The number of nitrogens with one attached hydrogen (secondary N) is 1. The van der Waals surface area contributed by atoms with Crippen LogP contribution in [0.3, 0.4) is 0 Å². The molecule has 112 valence electrons. The van der Waals surface area contributed by atoms with Crippen molar-refractivity contribution in [2.45, 2.75) is 0 Å².